The van der Waals surface area contributed by atoms with Crippen LogP contribution in [-0.2, 0) is 16.1 Å². The molecule has 4 heteroatoms. The number of carbonyl (C=O) groups is 1. The Labute approximate surface area is 202 Å². The zero-order chi connectivity index (χ0) is 21.9. The number of alkyl halides is 2. The number of esters is 1. The maximum absolute atomic E-state index is 12.0. The molecule has 1 aromatic carbocycles. The van der Waals surface area contributed by atoms with E-state index in [1.165, 1.54) is 83.5 Å². The van der Waals surface area contributed by atoms with Gasteiger partial charge in [0.1, 0.15) is 6.61 Å². The highest BCUT2D eigenvalue weighted by Crippen LogP contribution is 2.31. The normalized spacial score (nSPS) is 11.2. The van der Waals surface area contributed by atoms with E-state index < -0.39 is 0 Å². The molecule has 0 aromatic heterocycles. The van der Waals surface area contributed by atoms with Crippen LogP contribution < -0.4 is 0 Å². The molecule has 0 fully saturated rings. The number of unbranched alkanes of at least 4 members (excludes halogenated alkanes) is 14. The summed E-state index contributed by atoms with van der Waals surface area (Å²) < 4.78 is 5.54. The van der Waals surface area contributed by atoms with Crippen molar-refractivity contribution in [3.63, 3.8) is 0 Å². The minimum atomic E-state index is -0.0832. The van der Waals surface area contributed by atoms with Crippen LogP contribution in [0.3, 0.4) is 0 Å². The molecular weight excluding hydrogens is 504 g/mol. The van der Waals surface area contributed by atoms with E-state index in [0.29, 0.717) is 13.0 Å². The van der Waals surface area contributed by atoms with E-state index in [9.17, 15) is 4.79 Å². The highest BCUT2D eigenvalue weighted by atomic mass is 79.9. The van der Waals surface area contributed by atoms with Gasteiger partial charge in [0.15, 0.2) is 0 Å². The molecule has 0 spiro atoms. The SMILES string of the molecule is CCCCCCCCCCCCCCCCCC(=O)OCc1ccccc1C(Br)Br. The average Bonchev–Trinajstić information content (AvgIpc) is 2.75. The second-order valence-electron chi connectivity index (χ2n) is 8.36. The minimum Gasteiger partial charge on any atom is -0.461 e. The summed E-state index contributed by atoms with van der Waals surface area (Å²) in [7, 11) is 0. The van der Waals surface area contributed by atoms with E-state index in [1.807, 2.05) is 24.3 Å². The minimum absolute atomic E-state index is 0.0791. The van der Waals surface area contributed by atoms with Crippen LogP contribution in [0.25, 0.3) is 0 Å². The monoisotopic (exact) mass is 544 g/mol. The van der Waals surface area contributed by atoms with Crippen LogP contribution in [0.1, 0.15) is 125 Å². The first-order chi connectivity index (χ1) is 14.6. The average molecular weight is 546 g/mol. The Morgan fingerprint density at radius 3 is 1.73 bits per heavy atom. The Hall–Kier alpha value is -0.350. The Bertz CT molecular complexity index is 546. The predicted octanol–water partition coefficient (Wildman–Crippen LogP) is 9.78. The molecule has 0 aliphatic carbocycles. The molecule has 0 amide bonds. The maximum Gasteiger partial charge on any atom is 0.306 e. The maximum atomic E-state index is 12.0. The smallest absolute Gasteiger partial charge is 0.306 e. The lowest BCUT2D eigenvalue weighted by Crippen LogP contribution is -2.05. The van der Waals surface area contributed by atoms with Gasteiger partial charge in [0.05, 0.1) is 3.74 Å². The quantitative estimate of drug-likeness (QED) is 0.0981. The van der Waals surface area contributed by atoms with Gasteiger partial charge in [0.2, 0.25) is 0 Å². The molecule has 2 nitrogen and oxygen atoms in total. The van der Waals surface area contributed by atoms with Gasteiger partial charge in [0.25, 0.3) is 0 Å². The van der Waals surface area contributed by atoms with E-state index in [4.69, 9.17) is 4.74 Å². The third-order valence-electron chi connectivity index (χ3n) is 5.66. The second-order valence-corrected chi connectivity index (χ2v) is 11.4. The lowest BCUT2D eigenvalue weighted by molar-refractivity contribution is -0.145. The number of benzene rings is 1. The number of ether oxygens (including phenoxy) is 1. The van der Waals surface area contributed by atoms with E-state index in [-0.39, 0.29) is 9.71 Å². The zero-order valence-corrected chi connectivity index (χ0v) is 22.2. The molecule has 0 saturated carbocycles. The molecule has 0 aliphatic rings. The van der Waals surface area contributed by atoms with Gasteiger partial charge < -0.3 is 4.74 Å². The summed E-state index contributed by atoms with van der Waals surface area (Å²) in [5.74, 6) is -0.0832. The van der Waals surface area contributed by atoms with Crippen LogP contribution in [0.5, 0.6) is 0 Å². The predicted molar refractivity (Wildman–Crippen MR) is 136 cm³/mol. The van der Waals surface area contributed by atoms with Gasteiger partial charge in [-0.25, -0.2) is 0 Å². The number of carbonyl (C=O) groups excluding carboxylic acids is 1. The van der Waals surface area contributed by atoms with E-state index in [2.05, 4.69) is 38.8 Å². The zero-order valence-electron chi connectivity index (χ0n) is 19.0. The van der Waals surface area contributed by atoms with Gasteiger partial charge >= 0.3 is 5.97 Å². The molecule has 0 heterocycles. The Kier molecular flexibility index (Phi) is 17.9. The van der Waals surface area contributed by atoms with Gasteiger partial charge in [-0.2, -0.15) is 0 Å². The molecule has 0 unspecified atom stereocenters. The summed E-state index contributed by atoms with van der Waals surface area (Å²) >= 11 is 7.04. The molecule has 1 rings (SSSR count). The van der Waals surface area contributed by atoms with Crippen LogP contribution >= 0.6 is 31.9 Å². The van der Waals surface area contributed by atoms with E-state index >= 15 is 0 Å². The highest BCUT2D eigenvalue weighted by Gasteiger charge is 2.10. The van der Waals surface area contributed by atoms with Crippen LogP contribution in [0.15, 0.2) is 24.3 Å². The lowest BCUT2D eigenvalue weighted by atomic mass is 10.0. The largest absolute Gasteiger partial charge is 0.461 e. The molecule has 0 atom stereocenters. The molecule has 0 aliphatic heterocycles. The third-order valence-corrected chi connectivity index (χ3v) is 6.65. The van der Waals surface area contributed by atoms with Crippen molar-refractivity contribution in [3.8, 4) is 0 Å². The van der Waals surface area contributed by atoms with Crippen molar-refractivity contribution in [2.24, 2.45) is 0 Å². The van der Waals surface area contributed by atoms with Crippen LogP contribution in [0, 0.1) is 0 Å². The standard InChI is InChI=1S/C26H42Br2O2/c1-2-3-4-5-6-7-8-9-10-11-12-13-14-15-16-21-25(29)30-22-23-19-17-18-20-24(23)26(27)28/h17-20,26H,2-16,21-22H2,1H3. The summed E-state index contributed by atoms with van der Waals surface area (Å²) in [6.45, 7) is 2.63. The number of hydrogen-bond donors (Lipinski definition) is 0. The van der Waals surface area contributed by atoms with Crippen LogP contribution in [-0.4, -0.2) is 5.97 Å². The van der Waals surface area contributed by atoms with E-state index in [1.54, 1.807) is 0 Å². The first-order valence-electron chi connectivity index (χ1n) is 12.2. The van der Waals surface area contributed by atoms with Gasteiger partial charge in [-0.05, 0) is 17.5 Å². The van der Waals surface area contributed by atoms with Gasteiger partial charge in [-0.3, -0.25) is 4.79 Å². The Morgan fingerprint density at radius 2 is 1.23 bits per heavy atom. The molecule has 0 bridgehead atoms. The first-order valence-corrected chi connectivity index (χ1v) is 14.0. The number of halogens is 2. The van der Waals surface area contributed by atoms with Crippen LogP contribution in [0.4, 0.5) is 0 Å². The Balaban J connectivity index is 1.90. The first kappa shape index (κ1) is 27.7. The lowest BCUT2D eigenvalue weighted by Gasteiger charge is -2.11. The molecular formula is C26H42Br2O2. The molecule has 0 N–H and O–H groups in total. The topological polar surface area (TPSA) is 26.3 Å². The van der Waals surface area contributed by atoms with Crippen molar-refractivity contribution in [3.05, 3.63) is 35.4 Å². The third kappa shape index (κ3) is 14.6. The summed E-state index contributed by atoms with van der Waals surface area (Å²) in [6.07, 6.45) is 20.6. The number of hydrogen-bond acceptors (Lipinski definition) is 2. The summed E-state index contributed by atoms with van der Waals surface area (Å²) in [4.78, 5) is 12.0. The van der Waals surface area contributed by atoms with Crippen molar-refractivity contribution in [1.82, 2.24) is 0 Å². The fraction of sp³-hybridized carbons (Fsp3) is 0.731. The molecule has 30 heavy (non-hydrogen) atoms. The van der Waals surface area contributed by atoms with Gasteiger partial charge in [-0.1, -0.05) is 153 Å². The van der Waals surface area contributed by atoms with Crippen molar-refractivity contribution >= 4 is 37.8 Å². The van der Waals surface area contributed by atoms with Crippen LogP contribution in [0.2, 0.25) is 0 Å². The fourth-order valence-electron chi connectivity index (χ4n) is 3.75. The second kappa shape index (κ2) is 19.3. The Morgan fingerprint density at radius 1 is 0.767 bits per heavy atom. The summed E-state index contributed by atoms with van der Waals surface area (Å²) in [5, 5.41) is 0. The van der Waals surface area contributed by atoms with Gasteiger partial charge in [-0.15, -0.1) is 0 Å². The number of rotatable bonds is 19. The molecule has 0 radical (unpaired) electrons. The van der Waals surface area contributed by atoms with Crippen molar-refractivity contribution in [2.45, 2.75) is 120 Å². The van der Waals surface area contributed by atoms with Crippen molar-refractivity contribution in [1.29, 1.82) is 0 Å². The molecule has 0 saturated heterocycles. The molecule has 172 valence electrons. The summed E-state index contributed by atoms with van der Waals surface area (Å²) in [6, 6.07) is 8.01. The van der Waals surface area contributed by atoms with Crippen molar-refractivity contribution < 1.29 is 9.53 Å². The molecule has 1 aromatic rings. The summed E-state index contributed by atoms with van der Waals surface area (Å²) in [5.41, 5.74) is 2.15. The van der Waals surface area contributed by atoms with E-state index in [0.717, 1.165) is 24.0 Å². The fourth-order valence-corrected chi connectivity index (χ4v) is 4.64. The highest BCUT2D eigenvalue weighted by molar-refractivity contribution is 9.24. The van der Waals surface area contributed by atoms with Gasteiger partial charge in [0, 0.05) is 6.42 Å². The van der Waals surface area contributed by atoms with Crippen molar-refractivity contribution in [2.75, 3.05) is 0 Å².